The summed E-state index contributed by atoms with van der Waals surface area (Å²) in [4.78, 5) is 54.5. The van der Waals surface area contributed by atoms with Gasteiger partial charge in [-0.05, 0) is 20.3 Å². The molecule has 0 bridgehead atoms. The third-order valence-corrected chi connectivity index (χ3v) is 5.37. The third kappa shape index (κ3) is 6.37. The summed E-state index contributed by atoms with van der Waals surface area (Å²) in [6, 6.07) is -3.41. The van der Waals surface area contributed by atoms with Crippen molar-refractivity contribution in [2.24, 2.45) is 11.5 Å². The highest BCUT2D eigenvalue weighted by atomic mass is 31.2. The number of carboxylic acid groups (broad SMARTS) is 1. The van der Waals surface area contributed by atoms with Crippen LogP contribution in [0.2, 0.25) is 0 Å². The molecule has 11 nitrogen and oxygen atoms in total. The van der Waals surface area contributed by atoms with E-state index >= 15 is 0 Å². The molecule has 146 valence electrons. The first-order valence-electron chi connectivity index (χ1n) is 7.69. The Kier molecular flexibility index (Phi) is 8.69. The average Bonchev–Trinajstić information content (AvgIpc) is 2.43. The standard InChI is InChI=1S/C13H27N4O7P/c1-4-5-9(16-11(20)7(2)14)12(21)17-13(8(3)15,6-10(18)19)25(22,23)24/h7-9H,4-6,14-15H2,1-3H3,(H,16,20)(H,17,21)(H,18,19)(H2,22,23,24)/t7-,8?,9-,13?/m0/s1. The van der Waals surface area contributed by atoms with Crippen LogP contribution in [0.4, 0.5) is 0 Å². The van der Waals surface area contributed by atoms with Gasteiger partial charge in [-0.15, -0.1) is 0 Å². The summed E-state index contributed by atoms with van der Waals surface area (Å²) in [5, 5.41) is 10.9. The quantitative estimate of drug-likeness (QED) is 0.218. The molecule has 12 heteroatoms. The fourth-order valence-corrected chi connectivity index (χ4v) is 3.28. The second-order valence-corrected chi connectivity index (χ2v) is 7.84. The van der Waals surface area contributed by atoms with Gasteiger partial charge in [0.15, 0.2) is 5.28 Å². The van der Waals surface area contributed by atoms with Crippen LogP contribution in [0.25, 0.3) is 0 Å². The molecule has 0 rings (SSSR count). The fraction of sp³-hybridized carbons (Fsp3) is 0.769. The normalized spacial score (nSPS) is 17.7. The zero-order chi connectivity index (χ0) is 20.0. The summed E-state index contributed by atoms with van der Waals surface area (Å²) in [7, 11) is -5.16. The van der Waals surface area contributed by atoms with Gasteiger partial charge in [0.05, 0.1) is 12.5 Å². The molecule has 0 aliphatic heterocycles. The molecule has 9 N–H and O–H groups in total. The number of nitrogens with one attached hydrogen (secondary N) is 2. The van der Waals surface area contributed by atoms with E-state index in [0.717, 1.165) is 0 Å². The Hall–Kier alpha value is -1.52. The van der Waals surface area contributed by atoms with Gasteiger partial charge in [-0.3, -0.25) is 18.9 Å². The molecule has 25 heavy (non-hydrogen) atoms. The van der Waals surface area contributed by atoms with Gasteiger partial charge in [0, 0.05) is 6.04 Å². The monoisotopic (exact) mass is 382 g/mol. The topological polar surface area (TPSA) is 205 Å². The Balaban J connectivity index is 5.70. The number of hydrogen-bond acceptors (Lipinski definition) is 6. The van der Waals surface area contributed by atoms with Gasteiger partial charge in [0.25, 0.3) is 0 Å². The van der Waals surface area contributed by atoms with E-state index in [-0.39, 0.29) is 6.42 Å². The Bertz CT molecular complexity index is 548. The van der Waals surface area contributed by atoms with Crippen LogP contribution in [-0.2, 0) is 18.9 Å². The predicted octanol–water partition coefficient (Wildman–Crippen LogP) is -1.57. The van der Waals surface area contributed by atoms with Crippen molar-refractivity contribution in [3.8, 4) is 0 Å². The number of carbonyl (C=O) groups is 3. The maximum atomic E-state index is 12.5. The highest BCUT2D eigenvalue weighted by molar-refractivity contribution is 7.53. The Morgan fingerprint density at radius 2 is 1.68 bits per heavy atom. The lowest BCUT2D eigenvalue weighted by molar-refractivity contribution is -0.139. The second kappa shape index (κ2) is 9.25. The summed E-state index contributed by atoms with van der Waals surface area (Å²) in [6.07, 6.45) is -0.453. The molecule has 2 amide bonds. The van der Waals surface area contributed by atoms with Crippen LogP contribution < -0.4 is 22.1 Å². The summed E-state index contributed by atoms with van der Waals surface area (Å²) in [5.74, 6) is -3.13. The number of nitrogens with two attached hydrogens (primary N) is 2. The minimum atomic E-state index is -5.16. The van der Waals surface area contributed by atoms with Gasteiger partial charge < -0.3 is 37.0 Å². The molecule has 0 aliphatic carbocycles. The van der Waals surface area contributed by atoms with Gasteiger partial charge in [-0.1, -0.05) is 13.3 Å². The van der Waals surface area contributed by atoms with Gasteiger partial charge in [0.1, 0.15) is 6.04 Å². The van der Waals surface area contributed by atoms with E-state index < -0.39 is 55.2 Å². The molecule has 0 aromatic heterocycles. The zero-order valence-electron chi connectivity index (χ0n) is 14.4. The highest BCUT2D eigenvalue weighted by Gasteiger charge is 2.53. The first kappa shape index (κ1) is 23.5. The molecule has 0 spiro atoms. The first-order valence-corrected chi connectivity index (χ1v) is 9.30. The van der Waals surface area contributed by atoms with Gasteiger partial charge >= 0.3 is 13.6 Å². The SMILES string of the molecule is CCC[C@H](NC(=O)[C@H](C)N)C(=O)NC(CC(=O)O)(C(C)N)P(=O)(O)O. The van der Waals surface area contributed by atoms with E-state index in [1.165, 1.54) is 13.8 Å². The number of amides is 2. The Morgan fingerprint density at radius 1 is 1.16 bits per heavy atom. The van der Waals surface area contributed by atoms with Crippen LogP contribution in [-0.4, -0.2) is 56.1 Å². The van der Waals surface area contributed by atoms with Crippen LogP contribution in [0.3, 0.4) is 0 Å². The van der Waals surface area contributed by atoms with E-state index in [9.17, 15) is 28.7 Å². The molecule has 0 aliphatic rings. The summed E-state index contributed by atoms with van der Waals surface area (Å²) >= 11 is 0. The second-order valence-electron chi connectivity index (χ2n) is 5.96. The van der Waals surface area contributed by atoms with Crippen molar-refractivity contribution in [1.29, 1.82) is 0 Å². The molecule has 4 atom stereocenters. The number of rotatable bonds is 10. The minimum absolute atomic E-state index is 0.160. The maximum absolute atomic E-state index is 12.5. The molecule has 0 heterocycles. The van der Waals surface area contributed by atoms with Crippen molar-refractivity contribution in [2.75, 3.05) is 0 Å². The molecular weight excluding hydrogens is 355 g/mol. The van der Waals surface area contributed by atoms with Crippen LogP contribution in [0.15, 0.2) is 0 Å². The van der Waals surface area contributed by atoms with Gasteiger partial charge in [-0.2, -0.15) is 0 Å². The third-order valence-electron chi connectivity index (χ3n) is 3.66. The Labute approximate surface area is 145 Å². The van der Waals surface area contributed by atoms with Crippen LogP contribution in [0, 0.1) is 0 Å². The van der Waals surface area contributed by atoms with E-state index in [0.29, 0.717) is 6.42 Å². The first-order chi connectivity index (χ1) is 11.3. The summed E-state index contributed by atoms with van der Waals surface area (Å²) in [6.45, 7) is 4.32. The van der Waals surface area contributed by atoms with Gasteiger partial charge in [-0.25, -0.2) is 0 Å². The van der Waals surface area contributed by atoms with E-state index in [4.69, 9.17) is 16.6 Å². The van der Waals surface area contributed by atoms with E-state index in [1.807, 2.05) is 0 Å². The zero-order valence-corrected chi connectivity index (χ0v) is 15.3. The van der Waals surface area contributed by atoms with E-state index in [2.05, 4.69) is 10.6 Å². The number of hydrogen-bond donors (Lipinski definition) is 7. The summed E-state index contributed by atoms with van der Waals surface area (Å²) in [5.41, 5.74) is 11.0. The lowest BCUT2D eigenvalue weighted by Gasteiger charge is -2.38. The lowest BCUT2D eigenvalue weighted by atomic mass is 10.0. The van der Waals surface area contributed by atoms with E-state index in [1.54, 1.807) is 6.92 Å². The number of aliphatic carboxylic acids is 1. The molecule has 0 saturated carbocycles. The van der Waals surface area contributed by atoms with Crippen molar-refractivity contribution in [3.05, 3.63) is 0 Å². The fourth-order valence-electron chi connectivity index (χ4n) is 2.15. The molecular formula is C13H27N4O7P. The summed E-state index contributed by atoms with van der Waals surface area (Å²) < 4.78 is 11.9. The highest BCUT2D eigenvalue weighted by Crippen LogP contribution is 2.52. The van der Waals surface area contributed by atoms with Crippen LogP contribution in [0.1, 0.15) is 40.0 Å². The maximum Gasteiger partial charge on any atom is 0.352 e. The molecule has 0 fully saturated rings. The predicted molar refractivity (Wildman–Crippen MR) is 89.3 cm³/mol. The van der Waals surface area contributed by atoms with Crippen molar-refractivity contribution in [2.45, 2.75) is 63.4 Å². The average molecular weight is 382 g/mol. The number of carbonyl (C=O) groups excluding carboxylic acids is 2. The van der Waals surface area contributed by atoms with Crippen LogP contribution >= 0.6 is 7.60 Å². The van der Waals surface area contributed by atoms with Crippen LogP contribution in [0.5, 0.6) is 0 Å². The molecule has 0 saturated heterocycles. The largest absolute Gasteiger partial charge is 0.481 e. The van der Waals surface area contributed by atoms with Crippen molar-refractivity contribution >= 4 is 25.4 Å². The minimum Gasteiger partial charge on any atom is -0.481 e. The van der Waals surface area contributed by atoms with Crippen molar-refractivity contribution in [1.82, 2.24) is 10.6 Å². The molecule has 0 aromatic carbocycles. The lowest BCUT2D eigenvalue weighted by Crippen LogP contribution is -2.63. The Morgan fingerprint density at radius 3 is 2.00 bits per heavy atom. The number of carboxylic acids is 1. The molecule has 0 radical (unpaired) electrons. The van der Waals surface area contributed by atoms with Crippen molar-refractivity contribution in [3.63, 3.8) is 0 Å². The smallest absolute Gasteiger partial charge is 0.352 e. The molecule has 2 unspecified atom stereocenters. The van der Waals surface area contributed by atoms with Crippen molar-refractivity contribution < 1.29 is 33.8 Å². The van der Waals surface area contributed by atoms with Gasteiger partial charge in [0.2, 0.25) is 11.8 Å². The molecule has 0 aromatic rings.